The maximum absolute atomic E-state index is 10.2. The Hall–Kier alpha value is -0.940. The molecule has 1 N–H and O–H groups in total. The van der Waals surface area contributed by atoms with Crippen molar-refractivity contribution in [3.05, 3.63) is 12.2 Å². The lowest BCUT2D eigenvalue weighted by atomic mass is 9.98. The summed E-state index contributed by atoms with van der Waals surface area (Å²) >= 11 is 0. The highest BCUT2D eigenvalue weighted by Crippen LogP contribution is 2.19. The molecule has 1 aromatic heterocycles. The van der Waals surface area contributed by atoms with Gasteiger partial charge < -0.3 is 9.84 Å². The van der Waals surface area contributed by atoms with Gasteiger partial charge in [0, 0.05) is 19.1 Å². The van der Waals surface area contributed by atoms with Gasteiger partial charge in [0.2, 0.25) is 0 Å². The lowest BCUT2D eigenvalue weighted by Gasteiger charge is -2.30. The molecular formula is C12H23N3O2. The summed E-state index contributed by atoms with van der Waals surface area (Å²) in [6, 6.07) is 0.245. The molecule has 1 heterocycles. The molecule has 1 rings (SSSR count). The molecule has 0 amide bonds. The van der Waals surface area contributed by atoms with E-state index in [0.717, 1.165) is 5.82 Å². The fourth-order valence-corrected chi connectivity index (χ4v) is 1.74. The minimum atomic E-state index is -0.593. The molecule has 0 spiro atoms. The van der Waals surface area contributed by atoms with Crippen molar-refractivity contribution in [2.24, 2.45) is 0 Å². The topological polar surface area (TPSA) is 60.2 Å². The molecule has 0 aliphatic heterocycles. The Balaban J connectivity index is 2.74. The molecule has 1 unspecified atom stereocenters. The third kappa shape index (κ3) is 3.51. The Morgan fingerprint density at radius 1 is 1.47 bits per heavy atom. The average Bonchev–Trinajstić information content (AvgIpc) is 2.65. The molecule has 5 nitrogen and oxygen atoms in total. The molecular weight excluding hydrogens is 218 g/mol. The molecule has 0 fully saturated rings. The molecule has 17 heavy (non-hydrogen) atoms. The molecule has 1 aromatic rings. The first-order valence-electron chi connectivity index (χ1n) is 6.09. The average molecular weight is 241 g/mol. The summed E-state index contributed by atoms with van der Waals surface area (Å²) < 4.78 is 7.36. The van der Waals surface area contributed by atoms with Crippen LogP contribution in [0.25, 0.3) is 0 Å². The Morgan fingerprint density at radius 3 is 2.65 bits per heavy atom. The Morgan fingerprint density at radius 2 is 2.12 bits per heavy atom. The zero-order valence-electron chi connectivity index (χ0n) is 11.3. The highest BCUT2D eigenvalue weighted by atomic mass is 16.5. The Labute approximate surface area is 103 Å². The smallest absolute Gasteiger partial charge is 0.138 e. The van der Waals surface area contributed by atoms with Gasteiger partial charge in [-0.3, -0.25) is 0 Å². The summed E-state index contributed by atoms with van der Waals surface area (Å²) in [6.07, 6.45) is 1.38. The molecule has 98 valence electrons. The van der Waals surface area contributed by atoms with Crippen LogP contribution in [0.15, 0.2) is 6.33 Å². The van der Waals surface area contributed by atoms with E-state index in [2.05, 4.69) is 10.1 Å². The summed E-state index contributed by atoms with van der Waals surface area (Å²) in [7, 11) is 0. The molecule has 5 heteroatoms. The van der Waals surface area contributed by atoms with Gasteiger partial charge in [-0.2, -0.15) is 5.10 Å². The quantitative estimate of drug-likeness (QED) is 0.821. The monoisotopic (exact) mass is 241 g/mol. The molecule has 0 radical (unpaired) electrons. The minimum absolute atomic E-state index is 0.245. The van der Waals surface area contributed by atoms with Gasteiger partial charge in [-0.15, -0.1) is 0 Å². The first kappa shape index (κ1) is 14.1. The third-order valence-electron chi connectivity index (χ3n) is 2.83. The van der Waals surface area contributed by atoms with Crippen LogP contribution in [0.5, 0.6) is 0 Å². The van der Waals surface area contributed by atoms with Crippen molar-refractivity contribution in [2.45, 2.75) is 58.8 Å². The van der Waals surface area contributed by atoms with Crippen LogP contribution < -0.4 is 0 Å². The summed E-state index contributed by atoms with van der Waals surface area (Å²) in [5.74, 6) is 0.792. The van der Waals surface area contributed by atoms with Crippen LogP contribution >= 0.6 is 0 Å². The fourth-order valence-electron chi connectivity index (χ4n) is 1.74. The van der Waals surface area contributed by atoms with Crippen molar-refractivity contribution in [2.75, 3.05) is 6.61 Å². The van der Waals surface area contributed by atoms with Crippen molar-refractivity contribution in [1.29, 1.82) is 0 Å². The van der Waals surface area contributed by atoms with E-state index >= 15 is 0 Å². The number of aliphatic hydroxyl groups is 1. The largest absolute Gasteiger partial charge is 0.390 e. The maximum Gasteiger partial charge on any atom is 0.138 e. The SMILES string of the molecule is CCOC(C)(C)C(O)Cc1ncnn1C(C)C. The van der Waals surface area contributed by atoms with E-state index in [9.17, 15) is 5.11 Å². The molecule has 0 aliphatic carbocycles. The number of rotatable bonds is 6. The van der Waals surface area contributed by atoms with Crippen LogP contribution in [-0.4, -0.2) is 38.2 Å². The summed E-state index contributed by atoms with van der Waals surface area (Å²) in [5.41, 5.74) is -0.567. The second kappa shape index (κ2) is 5.60. The van der Waals surface area contributed by atoms with Crippen molar-refractivity contribution in [1.82, 2.24) is 14.8 Å². The van der Waals surface area contributed by atoms with Crippen molar-refractivity contribution < 1.29 is 9.84 Å². The second-order valence-corrected chi connectivity index (χ2v) is 4.97. The maximum atomic E-state index is 10.2. The van der Waals surface area contributed by atoms with E-state index in [4.69, 9.17) is 4.74 Å². The van der Waals surface area contributed by atoms with Gasteiger partial charge >= 0.3 is 0 Å². The highest BCUT2D eigenvalue weighted by molar-refractivity contribution is 4.94. The van der Waals surface area contributed by atoms with Crippen molar-refractivity contribution >= 4 is 0 Å². The third-order valence-corrected chi connectivity index (χ3v) is 2.83. The van der Waals surface area contributed by atoms with Gasteiger partial charge in [-0.1, -0.05) is 0 Å². The lowest BCUT2D eigenvalue weighted by Crippen LogP contribution is -2.41. The summed E-state index contributed by atoms with van der Waals surface area (Å²) in [6.45, 7) is 10.4. The first-order chi connectivity index (χ1) is 7.88. The molecule has 0 aromatic carbocycles. The molecule has 0 bridgehead atoms. The Bertz CT molecular complexity index is 347. The summed E-state index contributed by atoms with van der Waals surface area (Å²) in [4.78, 5) is 4.19. The molecule has 0 saturated heterocycles. The predicted molar refractivity (Wildman–Crippen MR) is 65.8 cm³/mol. The first-order valence-corrected chi connectivity index (χ1v) is 6.09. The lowest BCUT2D eigenvalue weighted by molar-refractivity contribution is -0.0964. The second-order valence-electron chi connectivity index (χ2n) is 4.97. The van der Waals surface area contributed by atoms with Crippen molar-refractivity contribution in [3.8, 4) is 0 Å². The van der Waals surface area contributed by atoms with Gasteiger partial charge in [-0.05, 0) is 34.6 Å². The van der Waals surface area contributed by atoms with E-state index < -0.39 is 11.7 Å². The standard InChI is InChI=1S/C12H23N3O2/c1-6-17-12(4,5)10(16)7-11-13-8-14-15(11)9(2)3/h8-10,16H,6-7H2,1-5H3. The van der Waals surface area contributed by atoms with Crippen LogP contribution in [-0.2, 0) is 11.2 Å². The van der Waals surface area contributed by atoms with Gasteiger partial charge in [0.15, 0.2) is 0 Å². The number of hydrogen-bond acceptors (Lipinski definition) is 4. The number of nitrogens with zero attached hydrogens (tertiary/aromatic N) is 3. The highest BCUT2D eigenvalue weighted by Gasteiger charge is 2.29. The number of ether oxygens (including phenoxy) is 1. The molecule has 0 aliphatic rings. The van der Waals surface area contributed by atoms with Crippen LogP contribution in [0.3, 0.4) is 0 Å². The van der Waals surface area contributed by atoms with Crippen LogP contribution in [0.2, 0.25) is 0 Å². The fraction of sp³-hybridized carbons (Fsp3) is 0.833. The van der Waals surface area contributed by atoms with Crippen LogP contribution in [0.1, 0.15) is 46.5 Å². The van der Waals surface area contributed by atoms with Gasteiger partial charge in [0.05, 0.1) is 11.7 Å². The van der Waals surface area contributed by atoms with E-state index in [-0.39, 0.29) is 6.04 Å². The minimum Gasteiger partial charge on any atom is -0.390 e. The molecule has 0 saturated carbocycles. The number of aliphatic hydroxyl groups excluding tert-OH is 1. The number of hydrogen-bond donors (Lipinski definition) is 1. The van der Waals surface area contributed by atoms with Crippen LogP contribution in [0, 0.1) is 0 Å². The zero-order valence-corrected chi connectivity index (χ0v) is 11.3. The van der Waals surface area contributed by atoms with Gasteiger partial charge in [-0.25, -0.2) is 9.67 Å². The van der Waals surface area contributed by atoms with Gasteiger partial charge in [0.1, 0.15) is 12.2 Å². The van der Waals surface area contributed by atoms with E-state index in [1.54, 1.807) is 0 Å². The number of aromatic nitrogens is 3. The van der Waals surface area contributed by atoms with E-state index in [0.29, 0.717) is 13.0 Å². The summed E-state index contributed by atoms with van der Waals surface area (Å²) in [5, 5.41) is 14.3. The van der Waals surface area contributed by atoms with Crippen LogP contribution in [0.4, 0.5) is 0 Å². The van der Waals surface area contributed by atoms with E-state index in [1.165, 1.54) is 6.33 Å². The normalized spacial score (nSPS) is 14.3. The zero-order chi connectivity index (χ0) is 13.1. The molecule has 1 atom stereocenters. The van der Waals surface area contributed by atoms with E-state index in [1.807, 2.05) is 39.3 Å². The van der Waals surface area contributed by atoms with Crippen molar-refractivity contribution in [3.63, 3.8) is 0 Å². The predicted octanol–water partition coefficient (Wildman–Crippen LogP) is 1.58. The Kier molecular flexibility index (Phi) is 4.65. The van der Waals surface area contributed by atoms with Gasteiger partial charge in [0.25, 0.3) is 0 Å².